The first-order chi connectivity index (χ1) is 13.1. The molecule has 5 heteroatoms. The van der Waals surface area contributed by atoms with Gasteiger partial charge in [-0.3, -0.25) is 4.79 Å². The monoisotopic (exact) mass is 366 g/mol. The number of rotatable bonds is 4. The number of hydrogen-bond acceptors (Lipinski definition) is 4. The van der Waals surface area contributed by atoms with Gasteiger partial charge in [0.1, 0.15) is 5.82 Å². The van der Waals surface area contributed by atoms with Crippen molar-refractivity contribution in [3.8, 4) is 0 Å². The molecule has 3 heterocycles. The van der Waals surface area contributed by atoms with Crippen LogP contribution >= 0.6 is 0 Å². The third-order valence-electron chi connectivity index (χ3n) is 5.93. The third-order valence-corrected chi connectivity index (χ3v) is 5.93. The van der Waals surface area contributed by atoms with Crippen molar-refractivity contribution in [2.45, 2.75) is 25.7 Å². The Hall–Kier alpha value is -2.14. The van der Waals surface area contributed by atoms with Gasteiger partial charge in [-0.25, -0.2) is 4.98 Å². The molecule has 0 saturated carbocycles. The third kappa shape index (κ3) is 3.93. The van der Waals surface area contributed by atoms with Crippen molar-refractivity contribution in [1.82, 2.24) is 14.8 Å². The molecular formula is C22H30N4O. The van der Waals surface area contributed by atoms with Crippen molar-refractivity contribution < 1.29 is 4.79 Å². The van der Waals surface area contributed by atoms with Crippen molar-refractivity contribution in [3.63, 3.8) is 0 Å². The lowest BCUT2D eigenvalue weighted by Gasteiger charge is -2.29. The van der Waals surface area contributed by atoms with Gasteiger partial charge in [-0.1, -0.05) is 24.6 Å². The molecule has 2 saturated heterocycles. The average Bonchev–Trinajstić information content (AvgIpc) is 3.15. The van der Waals surface area contributed by atoms with Crippen molar-refractivity contribution in [2.24, 2.45) is 5.92 Å². The van der Waals surface area contributed by atoms with Crippen LogP contribution in [-0.4, -0.2) is 67.5 Å². The summed E-state index contributed by atoms with van der Waals surface area (Å²) in [4.78, 5) is 24.6. The Bertz CT molecular complexity index is 813. The molecule has 27 heavy (non-hydrogen) atoms. The summed E-state index contributed by atoms with van der Waals surface area (Å²) in [6.07, 6.45) is 5.14. The predicted octanol–water partition coefficient (Wildman–Crippen LogP) is 3.25. The van der Waals surface area contributed by atoms with Gasteiger partial charge in [0.2, 0.25) is 0 Å². The second-order valence-electron chi connectivity index (χ2n) is 8.21. The van der Waals surface area contributed by atoms with Gasteiger partial charge in [0.05, 0.1) is 11.1 Å². The molecule has 144 valence electrons. The van der Waals surface area contributed by atoms with E-state index in [-0.39, 0.29) is 5.91 Å². The van der Waals surface area contributed by atoms with Gasteiger partial charge in [0, 0.05) is 39.1 Å². The van der Waals surface area contributed by atoms with Crippen LogP contribution < -0.4 is 4.90 Å². The first kappa shape index (κ1) is 18.2. The minimum absolute atomic E-state index is 0.151. The maximum Gasteiger partial charge on any atom is 0.254 e. The Labute approximate surface area is 162 Å². The van der Waals surface area contributed by atoms with Crippen molar-refractivity contribution in [3.05, 3.63) is 35.9 Å². The van der Waals surface area contributed by atoms with E-state index in [1.54, 1.807) is 0 Å². The number of likely N-dealkylation sites (tertiary alicyclic amines) is 2. The number of fused-ring (bicyclic) bond motifs is 1. The Morgan fingerprint density at radius 1 is 1.15 bits per heavy atom. The van der Waals surface area contributed by atoms with Gasteiger partial charge < -0.3 is 14.7 Å². The SMILES string of the molecule is CN(C)c1cc(C(=O)N2CCC(CN3CCCCC3)C2)c2ccccc2n1. The fraction of sp³-hybridized carbons (Fsp3) is 0.545. The van der Waals surface area contributed by atoms with Crippen molar-refractivity contribution in [2.75, 3.05) is 51.7 Å². The Kier molecular flexibility index (Phi) is 5.30. The molecule has 1 aromatic heterocycles. The highest BCUT2D eigenvalue weighted by Gasteiger charge is 2.29. The van der Waals surface area contributed by atoms with Crippen LogP contribution in [0.4, 0.5) is 5.82 Å². The van der Waals surface area contributed by atoms with Gasteiger partial charge in [-0.05, 0) is 50.4 Å². The number of hydrogen-bond donors (Lipinski definition) is 0. The molecule has 2 aliphatic rings. The van der Waals surface area contributed by atoms with Crippen molar-refractivity contribution in [1.29, 1.82) is 0 Å². The Balaban J connectivity index is 1.52. The quantitative estimate of drug-likeness (QED) is 0.833. The van der Waals surface area contributed by atoms with Crippen LogP contribution in [0.2, 0.25) is 0 Å². The normalized spacial score (nSPS) is 21.0. The van der Waals surface area contributed by atoms with Crippen LogP contribution in [0.5, 0.6) is 0 Å². The standard InChI is InChI=1S/C22H30N4O/c1-24(2)21-14-19(18-8-4-5-9-20(18)23-21)22(27)26-13-10-17(16-26)15-25-11-6-3-7-12-25/h4-5,8-9,14,17H,3,6-7,10-13,15-16H2,1-2H3. The number of pyridine rings is 1. The zero-order valence-corrected chi connectivity index (χ0v) is 16.5. The number of para-hydroxylation sites is 1. The summed E-state index contributed by atoms with van der Waals surface area (Å²) in [5.74, 6) is 1.59. The van der Waals surface area contributed by atoms with Gasteiger partial charge in [0.25, 0.3) is 5.91 Å². The van der Waals surface area contributed by atoms with E-state index in [4.69, 9.17) is 0 Å². The fourth-order valence-corrected chi connectivity index (χ4v) is 4.41. The number of piperidine rings is 1. The summed E-state index contributed by atoms with van der Waals surface area (Å²) in [7, 11) is 3.94. The van der Waals surface area contributed by atoms with Crippen LogP contribution in [0.15, 0.2) is 30.3 Å². The lowest BCUT2D eigenvalue weighted by Crippen LogP contribution is -2.36. The largest absolute Gasteiger partial charge is 0.363 e. The minimum atomic E-state index is 0.151. The number of nitrogens with zero attached hydrogens (tertiary/aromatic N) is 4. The minimum Gasteiger partial charge on any atom is -0.363 e. The summed E-state index contributed by atoms with van der Waals surface area (Å²) in [5, 5.41) is 0.951. The maximum absolute atomic E-state index is 13.3. The number of carbonyl (C=O) groups is 1. The maximum atomic E-state index is 13.3. The van der Waals surface area contributed by atoms with Gasteiger partial charge in [0.15, 0.2) is 0 Å². The topological polar surface area (TPSA) is 39.7 Å². The average molecular weight is 367 g/mol. The number of carbonyl (C=O) groups excluding carboxylic acids is 1. The highest BCUT2D eigenvalue weighted by Crippen LogP contribution is 2.26. The number of amides is 1. The van der Waals surface area contributed by atoms with E-state index in [9.17, 15) is 4.79 Å². The fourth-order valence-electron chi connectivity index (χ4n) is 4.41. The van der Waals surface area contributed by atoms with E-state index >= 15 is 0 Å². The summed E-state index contributed by atoms with van der Waals surface area (Å²) in [6.45, 7) is 5.34. The molecule has 1 amide bonds. The summed E-state index contributed by atoms with van der Waals surface area (Å²) in [6, 6.07) is 9.91. The molecule has 0 N–H and O–H groups in total. The first-order valence-corrected chi connectivity index (χ1v) is 10.2. The predicted molar refractivity (Wildman–Crippen MR) is 110 cm³/mol. The van der Waals surface area contributed by atoms with Gasteiger partial charge in [-0.15, -0.1) is 0 Å². The molecule has 5 nitrogen and oxygen atoms in total. The molecule has 1 atom stereocenters. The van der Waals surface area contributed by atoms with Crippen molar-refractivity contribution >= 4 is 22.6 Å². The highest BCUT2D eigenvalue weighted by molar-refractivity contribution is 6.07. The molecule has 0 radical (unpaired) electrons. The molecular weight excluding hydrogens is 336 g/mol. The number of anilines is 1. The first-order valence-electron chi connectivity index (χ1n) is 10.2. The van der Waals surface area contributed by atoms with E-state index in [1.807, 2.05) is 49.3 Å². The molecule has 0 bridgehead atoms. The summed E-state index contributed by atoms with van der Waals surface area (Å²) in [5.41, 5.74) is 1.67. The second kappa shape index (κ2) is 7.85. The molecule has 1 unspecified atom stereocenters. The Morgan fingerprint density at radius 2 is 1.93 bits per heavy atom. The molecule has 0 spiro atoms. The van der Waals surface area contributed by atoms with Gasteiger partial charge >= 0.3 is 0 Å². The van der Waals surface area contributed by atoms with Crippen LogP contribution in [0.25, 0.3) is 10.9 Å². The highest BCUT2D eigenvalue weighted by atomic mass is 16.2. The summed E-state index contributed by atoms with van der Waals surface area (Å²) >= 11 is 0. The van der Waals surface area contributed by atoms with E-state index in [0.29, 0.717) is 5.92 Å². The smallest absolute Gasteiger partial charge is 0.254 e. The lowest BCUT2D eigenvalue weighted by atomic mass is 10.1. The van der Waals surface area contributed by atoms with E-state index in [1.165, 1.54) is 32.4 Å². The molecule has 2 aromatic rings. The molecule has 4 rings (SSSR count). The number of benzene rings is 1. The second-order valence-corrected chi connectivity index (χ2v) is 8.21. The molecule has 2 fully saturated rings. The van der Waals surface area contributed by atoms with E-state index in [2.05, 4.69) is 14.8 Å². The zero-order valence-electron chi connectivity index (χ0n) is 16.5. The zero-order chi connectivity index (χ0) is 18.8. The van der Waals surface area contributed by atoms with E-state index < -0.39 is 0 Å². The lowest BCUT2D eigenvalue weighted by molar-refractivity contribution is 0.0784. The van der Waals surface area contributed by atoms with Crippen LogP contribution in [0, 0.1) is 5.92 Å². The Morgan fingerprint density at radius 3 is 2.70 bits per heavy atom. The van der Waals surface area contributed by atoms with Crippen LogP contribution in [-0.2, 0) is 0 Å². The molecule has 1 aromatic carbocycles. The number of aromatic nitrogens is 1. The van der Waals surface area contributed by atoms with E-state index in [0.717, 1.165) is 48.3 Å². The molecule has 2 aliphatic heterocycles. The van der Waals surface area contributed by atoms with Crippen LogP contribution in [0.1, 0.15) is 36.0 Å². The molecule has 0 aliphatic carbocycles. The van der Waals surface area contributed by atoms with Crippen LogP contribution in [0.3, 0.4) is 0 Å². The van der Waals surface area contributed by atoms with Gasteiger partial charge in [-0.2, -0.15) is 0 Å². The summed E-state index contributed by atoms with van der Waals surface area (Å²) < 4.78 is 0.